The molecule has 0 N–H and O–H groups in total. The number of nitrogens with zero attached hydrogens (tertiary/aromatic N) is 5. The Morgan fingerprint density at radius 2 is 1.11 bits per heavy atom. The van der Waals surface area contributed by atoms with Gasteiger partial charge >= 0.3 is 0 Å². The van der Waals surface area contributed by atoms with Crippen molar-refractivity contribution >= 4 is 33.0 Å². The van der Waals surface area contributed by atoms with Crippen LogP contribution in [0.4, 0.5) is 0 Å². The van der Waals surface area contributed by atoms with Crippen LogP contribution in [0, 0.1) is 0 Å². The van der Waals surface area contributed by atoms with Gasteiger partial charge in [0, 0.05) is 39.9 Å². The van der Waals surface area contributed by atoms with Crippen molar-refractivity contribution < 1.29 is 8.83 Å². The summed E-state index contributed by atoms with van der Waals surface area (Å²) >= 11 is 0. The van der Waals surface area contributed by atoms with Crippen molar-refractivity contribution in [3.63, 3.8) is 0 Å². The number of pyridine rings is 1. The molecule has 9 rings (SSSR count). The molecule has 0 unspecified atom stereocenters. The average Bonchev–Trinajstić information content (AvgIpc) is 3.74. The van der Waals surface area contributed by atoms with E-state index in [1.807, 2.05) is 103 Å². The zero-order valence-electron chi connectivity index (χ0n) is 24.3. The predicted molar refractivity (Wildman–Crippen MR) is 180 cm³/mol. The maximum absolute atomic E-state index is 6.35. The molecule has 9 aromatic rings. The fraction of sp³-hybridized carbons (Fsp3) is 0. The van der Waals surface area contributed by atoms with Crippen molar-refractivity contribution in [3.8, 4) is 56.7 Å². The fourth-order valence-corrected chi connectivity index (χ4v) is 5.85. The zero-order valence-corrected chi connectivity index (χ0v) is 24.3. The van der Waals surface area contributed by atoms with E-state index in [0.29, 0.717) is 28.9 Å². The molecule has 0 saturated carbocycles. The van der Waals surface area contributed by atoms with E-state index < -0.39 is 0 Å². The molecule has 7 heteroatoms. The Hall–Kier alpha value is -6.47. The molecule has 0 bridgehead atoms. The Kier molecular flexibility index (Phi) is 5.99. The van der Waals surface area contributed by atoms with Crippen LogP contribution in [0.1, 0.15) is 0 Å². The molecule has 0 spiro atoms. The van der Waals surface area contributed by atoms with Gasteiger partial charge in [-0.3, -0.25) is 4.98 Å². The molecule has 0 fully saturated rings. The number of aromatic nitrogens is 5. The van der Waals surface area contributed by atoms with Crippen LogP contribution in [0.15, 0.2) is 149 Å². The van der Waals surface area contributed by atoms with Gasteiger partial charge in [0.25, 0.3) is 0 Å². The third-order valence-corrected chi connectivity index (χ3v) is 8.06. The van der Waals surface area contributed by atoms with E-state index in [4.69, 9.17) is 28.8 Å². The Morgan fingerprint density at radius 1 is 0.435 bits per heavy atom. The molecule has 0 saturated heterocycles. The van der Waals surface area contributed by atoms with E-state index in [1.165, 1.54) is 0 Å². The molecule has 0 atom stereocenters. The first kappa shape index (κ1) is 26.0. The molecule has 216 valence electrons. The summed E-state index contributed by atoms with van der Waals surface area (Å²) in [5.74, 6) is 2.37. The van der Waals surface area contributed by atoms with E-state index >= 15 is 0 Å². The summed E-state index contributed by atoms with van der Waals surface area (Å²) in [6.07, 6.45) is 3.48. The van der Waals surface area contributed by atoms with Crippen LogP contribution in [0.3, 0.4) is 0 Å². The van der Waals surface area contributed by atoms with E-state index in [-0.39, 0.29) is 0 Å². The van der Waals surface area contributed by atoms with Crippen molar-refractivity contribution in [1.29, 1.82) is 0 Å². The van der Waals surface area contributed by atoms with E-state index in [0.717, 1.165) is 60.8 Å². The summed E-state index contributed by atoms with van der Waals surface area (Å²) in [5, 5.41) is 1.98. The van der Waals surface area contributed by atoms with Crippen LogP contribution in [0.25, 0.3) is 89.8 Å². The molecule has 7 nitrogen and oxygen atoms in total. The smallest absolute Gasteiger partial charge is 0.228 e. The van der Waals surface area contributed by atoms with Gasteiger partial charge < -0.3 is 8.83 Å². The summed E-state index contributed by atoms with van der Waals surface area (Å²) in [5.41, 5.74) is 8.67. The molecule has 0 aliphatic heterocycles. The molecule has 0 radical (unpaired) electrons. The monoisotopic (exact) mass is 593 g/mol. The van der Waals surface area contributed by atoms with E-state index in [2.05, 4.69) is 29.2 Å². The Morgan fingerprint density at radius 3 is 1.83 bits per heavy atom. The topological polar surface area (TPSA) is 90.7 Å². The maximum atomic E-state index is 6.35. The van der Waals surface area contributed by atoms with Gasteiger partial charge in [0.2, 0.25) is 5.89 Å². The highest BCUT2D eigenvalue weighted by molar-refractivity contribution is 6.13. The van der Waals surface area contributed by atoms with Crippen molar-refractivity contribution in [2.24, 2.45) is 0 Å². The molecule has 0 amide bonds. The third-order valence-electron chi connectivity index (χ3n) is 8.06. The molecular weight excluding hydrogens is 570 g/mol. The van der Waals surface area contributed by atoms with E-state index in [1.54, 1.807) is 12.4 Å². The predicted octanol–water partition coefficient (Wildman–Crippen LogP) is 9.64. The first-order chi connectivity index (χ1) is 22.8. The first-order valence-electron chi connectivity index (χ1n) is 14.9. The van der Waals surface area contributed by atoms with Crippen molar-refractivity contribution in [2.45, 2.75) is 0 Å². The summed E-state index contributed by atoms with van der Waals surface area (Å²) < 4.78 is 12.4. The Labute approximate surface area is 262 Å². The summed E-state index contributed by atoms with van der Waals surface area (Å²) in [6, 6.07) is 42.1. The van der Waals surface area contributed by atoms with Gasteiger partial charge in [-0.1, -0.05) is 78.9 Å². The standard InChI is InChI=1S/C39H23N5O2/c1-3-9-24(10-4-1)36-42-37(25-11-5-2-6-12-25)44-38(43-36)27-17-18-32-30(21-27)35-29(14-7-15-34(35)45-32)26-16-19-33-31(22-26)41-39(46-33)28-13-8-20-40-23-28/h1-23H. The highest BCUT2D eigenvalue weighted by Crippen LogP contribution is 2.39. The molecule has 5 aromatic carbocycles. The number of rotatable bonds is 5. The first-order valence-corrected chi connectivity index (χ1v) is 14.9. The normalized spacial score (nSPS) is 11.5. The molecule has 0 aliphatic carbocycles. The second kappa shape index (κ2) is 10.6. The van der Waals surface area contributed by atoms with Crippen molar-refractivity contribution in [3.05, 3.63) is 140 Å². The Bertz CT molecular complexity index is 2470. The van der Waals surface area contributed by atoms with Crippen LogP contribution in [-0.4, -0.2) is 24.9 Å². The minimum absolute atomic E-state index is 0.541. The van der Waals surface area contributed by atoms with Gasteiger partial charge in [-0.05, 0) is 59.7 Å². The van der Waals surface area contributed by atoms with Gasteiger partial charge in [-0.25, -0.2) is 19.9 Å². The lowest BCUT2D eigenvalue weighted by molar-refractivity contribution is 0.619. The Balaban J connectivity index is 1.20. The molecule has 0 aliphatic rings. The summed E-state index contributed by atoms with van der Waals surface area (Å²) in [6.45, 7) is 0. The molecule has 46 heavy (non-hydrogen) atoms. The molecule has 4 heterocycles. The van der Waals surface area contributed by atoms with Crippen LogP contribution >= 0.6 is 0 Å². The maximum Gasteiger partial charge on any atom is 0.228 e. The zero-order chi connectivity index (χ0) is 30.5. The minimum atomic E-state index is 0.541. The van der Waals surface area contributed by atoms with Gasteiger partial charge in [0.15, 0.2) is 23.1 Å². The van der Waals surface area contributed by atoms with Crippen molar-refractivity contribution in [1.82, 2.24) is 24.9 Å². The largest absolute Gasteiger partial charge is 0.456 e. The number of oxazole rings is 1. The number of fused-ring (bicyclic) bond motifs is 4. The SMILES string of the molecule is c1ccc(-c2nc(-c3ccccc3)nc(-c3ccc4oc5cccc(-c6ccc7oc(-c8cccnc8)nc7c6)c5c4c3)n2)cc1. The second-order valence-electron chi connectivity index (χ2n) is 11.0. The third kappa shape index (κ3) is 4.50. The average molecular weight is 594 g/mol. The number of hydrogen-bond acceptors (Lipinski definition) is 7. The summed E-state index contributed by atoms with van der Waals surface area (Å²) in [4.78, 5) is 23.7. The quantitative estimate of drug-likeness (QED) is 0.196. The highest BCUT2D eigenvalue weighted by atomic mass is 16.3. The lowest BCUT2D eigenvalue weighted by Crippen LogP contribution is -2.00. The van der Waals surface area contributed by atoms with Gasteiger partial charge in [0.05, 0.1) is 5.56 Å². The van der Waals surface area contributed by atoms with Crippen LogP contribution in [0.2, 0.25) is 0 Å². The highest BCUT2D eigenvalue weighted by Gasteiger charge is 2.18. The van der Waals surface area contributed by atoms with Crippen LogP contribution in [0.5, 0.6) is 0 Å². The lowest BCUT2D eigenvalue weighted by atomic mass is 9.98. The van der Waals surface area contributed by atoms with Gasteiger partial charge in [-0.15, -0.1) is 0 Å². The van der Waals surface area contributed by atoms with E-state index in [9.17, 15) is 0 Å². The van der Waals surface area contributed by atoms with Gasteiger partial charge in [-0.2, -0.15) is 0 Å². The number of furan rings is 1. The van der Waals surface area contributed by atoms with Gasteiger partial charge in [0.1, 0.15) is 16.7 Å². The van der Waals surface area contributed by atoms with Crippen LogP contribution in [-0.2, 0) is 0 Å². The van der Waals surface area contributed by atoms with Crippen LogP contribution < -0.4 is 0 Å². The summed E-state index contributed by atoms with van der Waals surface area (Å²) in [7, 11) is 0. The minimum Gasteiger partial charge on any atom is -0.456 e. The molecule has 4 aromatic heterocycles. The lowest BCUT2D eigenvalue weighted by Gasteiger charge is -2.08. The number of hydrogen-bond donors (Lipinski definition) is 0. The molecular formula is C39H23N5O2. The number of benzene rings is 5. The second-order valence-corrected chi connectivity index (χ2v) is 11.0. The fourth-order valence-electron chi connectivity index (χ4n) is 5.85. The van der Waals surface area contributed by atoms with Crippen molar-refractivity contribution in [2.75, 3.05) is 0 Å².